The van der Waals surface area contributed by atoms with E-state index in [1.165, 1.54) is 30.0 Å². The van der Waals surface area contributed by atoms with Crippen molar-refractivity contribution in [3.63, 3.8) is 0 Å². The monoisotopic (exact) mass is 476 g/mol. The minimum absolute atomic E-state index is 0.197. The molecule has 0 unspecified atom stereocenters. The summed E-state index contributed by atoms with van der Waals surface area (Å²) in [6, 6.07) is 17.7. The molecule has 0 saturated carbocycles. The van der Waals surface area contributed by atoms with E-state index in [1.807, 2.05) is 48.7 Å². The summed E-state index contributed by atoms with van der Waals surface area (Å²) in [6.07, 6.45) is 2.13. The molecule has 0 aliphatic heterocycles. The zero-order chi connectivity index (χ0) is 23.0. The first-order chi connectivity index (χ1) is 15.4. The van der Waals surface area contributed by atoms with Gasteiger partial charge in [-0.3, -0.25) is 4.79 Å². The summed E-state index contributed by atoms with van der Waals surface area (Å²) in [6.45, 7) is 0.419. The predicted octanol–water partition coefficient (Wildman–Crippen LogP) is 3.57. The third kappa shape index (κ3) is 6.44. The summed E-state index contributed by atoms with van der Waals surface area (Å²) >= 11 is 1.49. The largest absolute Gasteiger partial charge is 0.492 e. The van der Waals surface area contributed by atoms with Crippen molar-refractivity contribution < 1.29 is 22.3 Å². The molecule has 3 aromatic carbocycles. The van der Waals surface area contributed by atoms with Crippen molar-refractivity contribution >= 4 is 38.5 Å². The summed E-state index contributed by atoms with van der Waals surface area (Å²) in [5.41, 5.74) is 0. The highest BCUT2D eigenvalue weighted by molar-refractivity contribution is 7.98. The average Bonchev–Trinajstić information content (AvgIpc) is 2.79. The van der Waals surface area contributed by atoms with Gasteiger partial charge in [-0.2, -0.15) is 16.5 Å². The Balaban J connectivity index is 1.57. The Morgan fingerprint density at radius 1 is 1.06 bits per heavy atom. The molecule has 1 atom stereocenters. The van der Waals surface area contributed by atoms with E-state index in [0.717, 1.165) is 16.8 Å². The lowest BCUT2D eigenvalue weighted by atomic mass is 10.1. The average molecular weight is 477 g/mol. The van der Waals surface area contributed by atoms with E-state index >= 15 is 0 Å². The van der Waals surface area contributed by atoms with Gasteiger partial charge in [-0.25, -0.2) is 12.8 Å². The number of halogens is 1. The highest BCUT2D eigenvalue weighted by atomic mass is 32.2. The maximum Gasteiger partial charge on any atom is 0.244 e. The van der Waals surface area contributed by atoms with Gasteiger partial charge in [0.15, 0.2) is 0 Å². The zero-order valence-electron chi connectivity index (χ0n) is 17.6. The number of hydrogen-bond acceptors (Lipinski definition) is 5. The summed E-state index contributed by atoms with van der Waals surface area (Å²) in [4.78, 5) is 12.1. The van der Waals surface area contributed by atoms with Crippen LogP contribution in [0.4, 0.5) is 4.39 Å². The maximum absolute atomic E-state index is 14.0. The molecule has 0 aliphatic rings. The van der Waals surface area contributed by atoms with Gasteiger partial charge in [0.1, 0.15) is 29.1 Å². The molecule has 170 valence electrons. The lowest BCUT2D eigenvalue weighted by molar-refractivity contribution is -0.122. The van der Waals surface area contributed by atoms with Gasteiger partial charge in [-0.1, -0.05) is 42.5 Å². The quantitative estimate of drug-likeness (QED) is 0.414. The molecule has 0 aromatic heterocycles. The van der Waals surface area contributed by atoms with E-state index in [4.69, 9.17) is 4.74 Å². The third-order valence-corrected chi connectivity index (χ3v) is 6.89. The van der Waals surface area contributed by atoms with E-state index in [1.54, 1.807) is 0 Å². The van der Waals surface area contributed by atoms with Crippen LogP contribution in [0.2, 0.25) is 0 Å². The molecule has 0 aliphatic carbocycles. The molecular weight excluding hydrogens is 451 g/mol. The van der Waals surface area contributed by atoms with Crippen LogP contribution in [0.3, 0.4) is 0 Å². The van der Waals surface area contributed by atoms with Gasteiger partial charge in [0.05, 0.1) is 6.54 Å². The second kappa shape index (κ2) is 11.3. The van der Waals surface area contributed by atoms with Crippen LogP contribution in [0, 0.1) is 5.82 Å². The van der Waals surface area contributed by atoms with Crippen molar-refractivity contribution in [3.05, 3.63) is 72.5 Å². The van der Waals surface area contributed by atoms with Gasteiger partial charge in [0.2, 0.25) is 15.9 Å². The molecule has 3 rings (SSSR count). The second-order valence-corrected chi connectivity index (χ2v) is 9.70. The number of hydrogen-bond donors (Lipinski definition) is 2. The Bertz CT molecular complexity index is 1170. The SMILES string of the molecule is CSCC[C@H](NS(=O)(=O)c1ccccc1F)C(=O)NCCOc1ccc2ccccc2c1. The van der Waals surface area contributed by atoms with Gasteiger partial charge in [-0.05, 0) is 53.5 Å². The van der Waals surface area contributed by atoms with Crippen molar-refractivity contribution in [3.8, 4) is 5.75 Å². The highest BCUT2D eigenvalue weighted by Gasteiger charge is 2.27. The van der Waals surface area contributed by atoms with Crippen LogP contribution in [0.5, 0.6) is 5.75 Å². The standard InChI is InChI=1S/C23H25FN2O4S2/c1-31-15-12-21(26-32(28,29)22-9-5-4-8-20(22)24)23(27)25-13-14-30-19-11-10-17-6-2-3-7-18(17)16-19/h2-11,16,21,26H,12-15H2,1H3,(H,25,27)/t21-/m0/s1. The second-order valence-electron chi connectivity index (χ2n) is 7.03. The number of fused-ring (bicyclic) bond motifs is 1. The summed E-state index contributed by atoms with van der Waals surface area (Å²) in [7, 11) is -4.19. The molecule has 0 bridgehead atoms. The lowest BCUT2D eigenvalue weighted by Crippen LogP contribution is -2.47. The molecule has 6 nitrogen and oxygen atoms in total. The molecule has 0 radical (unpaired) electrons. The smallest absolute Gasteiger partial charge is 0.244 e. The van der Waals surface area contributed by atoms with E-state index in [2.05, 4.69) is 10.0 Å². The van der Waals surface area contributed by atoms with Crippen LogP contribution in [0.1, 0.15) is 6.42 Å². The predicted molar refractivity (Wildman–Crippen MR) is 126 cm³/mol. The Labute approximate surface area is 191 Å². The number of nitrogens with one attached hydrogen (secondary N) is 2. The van der Waals surface area contributed by atoms with Crippen molar-refractivity contribution in [1.29, 1.82) is 0 Å². The fraction of sp³-hybridized carbons (Fsp3) is 0.261. The van der Waals surface area contributed by atoms with Crippen LogP contribution in [-0.2, 0) is 14.8 Å². The number of rotatable bonds is 11. The van der Waals surface area contributed by atoms with Gasteiger partial charge in [-0.15, -0.1) is 0 Å². The van der Waals surface area contributed by atoms with Crippen LogP contribution < -0.4 is 14.8 Å². The molecule has 1 amide bonds. The first kappa shape index (κ1) is 24.0. The molecule has 0 spiro atoms. The molecule has 2 N–H and O–H groups in total. The number of ether oxygens (including phenoxy) is 1. The van der Waals surface area contributed by atoms with Crippen molar-refractivity contribution in [2.24, 2.45) is 0 Å². The molecule has 9 heteroatoms. The molecule has 0 fully saturated rings. The normalized spacial score (nSPS) is 12.4. The Morgan fingerprint density at radius 3 is 2.53 bits per heavy atom. The number of benzene rings is 3. The van der Waals surface area contributed by atoms with E-state index < -0.39 is 32.7 Å². The van der Waals surface area contributed by atoms with Gasteiger partial charge >= 0.3 is 0 Å². The number of carbonyl (C=O) groups excluding carboxylic acids is 1. The fourth-order valence-electron chi connectivity index (χ4n) is 3.12. The number of sulfonamides is 1. The zero-order valence-corrected chi connectivity index (χ0v) is 19.2. The summed E-state index contributed by atoms with van der Waals surface area (Å²) in [5.74, 6) is -0.114. The molecule has 0 saturated heterocycles. The van der Waals surface area contributed by atoms with E-state index in [0.29, 0.717) is 11.5 Å². The van der Waals surface area contributed by atoms with Crippen molar-refractivity contribution in [2.75, 3.05) is 25.2 Å². The van der Waals surface area contributed by atoms with Gasteiger partial charge in [0.25, 0.3) is 0 Å². The highest BCUT2D eigenvalue weighted by Crippen LogP contribution is 2.20. The first-order valence-corrected chi connectivity index (χ1v) is 12.9. The van der Waals surface area contributed by atoms with Crippen LogP contribution >= 0.6 is 11.8 Å². The topological polar surface area (TPSA) is 84.5 Å². The van der Waals surface area contributed by atoms with Gasteiger partial charge < -0.3 is 10.1 Å². The maximum atomic E-state index is 14.0. The fourth-order valence-corrected chi connectivity index (χ4v) is 4.90. The third-order valence-electron chi connectivity index (χ3n) is 4.74. The summed E-state index contributed by atoms with van der Waals surface area (Å²) < 4.78 is 47.2. The summed E-state index contributed by atoms with van der Waals surface area (Å²) in [5, 5.41) is 4.85. The van der Waals surface area contributed by atoms with Crippen molar-refractivity contribution in [2.45, 2.75) is 17.4 Å². The van der Waals surface area contributed by atoms with Crippen LogP contribution in [0.15, 0.2) is 71.6 Å². The lowest BCUT2D eigenvalue weighted by Gasteiger charge is -2.18. The Kier molecular flexibility index (Phi) is 8.49. The van der Waals surface area contributed by atoms with E-state index in [9.17, 15) is 17.6 Å². The molecule has 0 heterocycles. The van der Waals surface area contributed by atoms with Crippen LogP contribution in [0.25, 0.3) is 10.8 Å². The molecule has 32 heavy (non-hydrogen) atoms. The molecule has 3 aromatic rings. The van der Waals surface area contributed by atoms with Crippen LogP contribution in [-0.4, -0.2) is 45.5 Å². The Morgan fingerprint density at radius 2 is 1.78 bits per heavy atom. The number of amides is 1. The van der Waals surface area contributed by atoms with Crippen molar-refractivity contribution in [1.82, 2.24) is 10.0 Å². The molecular formula is C23H25FN2O4S2. The minimum atomic E-state index is -4.19. The van der Waals surface area contributed by atoms with Gasteiger partial charge in [0, 0.05) is 0 Å². The number of thioether (sulfide) groups is 1. The minimum Gasteiger partial charge on any atom is -0.492 e. The first-order valence-electron chi connectivity index (χ1n) is 10.1. The number of carbonyl (C=O) groups is 1. The Hall–Kier alpha value is -2.62. The van der Waals surface area contributed by atoms with E-state index in [-0.39, 0.29) is 19.6 Å².